The van der Waals surface area contributed by atoms with Crippen LogP contribution < -0.4 is 15.4 Å². The summed E-state index contributed by atoms with van der Waals surface area (Å²) in [5, 5.41) is 6.49. The van der Waals surface area contributed by atoms with Crippen molar-refractivity contribution in [2.75, 3.05) is 13.2 Å². The molecule has 8 nitrogen and oxygen atoms in total. The minimum absolute atomic E-state index is 0.153. The summed E-state index contributed by atoms with van der Waals surface area (Å²) in [7, 11) is 0. The topological polar surface area (TPSA) is 107 Å². The summed E-state index contributed by atoms with van der Waals surface area (Å²) in [4.78, 5) is 41.4. The van der Waals surface area contributed by atoms with Crippen LogP contribution in [0.15, 0.2) is 66.9 Å². The molecule has 0 bridgehead atoms. The number of carbonyl (C=O) groups excluding carboxylic acids is 3. The molecule has 0 saturated carbocycles. The molecule has 2 aromatic carbocycles. The Kier molecular flexibility index (Phi) is 12.0. The molecule has 8 heteroatoms. The van der Waals surface area contributed by atoms with Crippen molar-refractivity contribution in [3.63, 3.8) is 0 Å². The molecule has 2 heterocycles. The third-order valence-electron chi connectivity index (χ3n) is 7.32. The molecule has 41 heavy (non-hydrogen) atoms. The van der Waals surface area contributed by atoms with Gasteiger partial charge in [0.15, 0.2) is 0 Å². The van der Waals surface area contributed by atoms with Crippen molar-refractivity contribution < 1.29 is 23.9 Å². The van der Waals surface area contributed by atoms with Crippen molar-refractivity contribution in [3.8, 4) is 5.75 Å². The predicted octanol–water partition coefficient (Wildman–Crippen LogP) is 5.28. The Morgan fingerprint density at radius 2 is 1.34 bits per heavy atom. The number of rotatable bonds is 17. The van der Waals surface area contributed by atoms with Crippen molar-refractivity contribution in [1.29, 1.82) is 0 Å². The maximum Gasteiger partial charge on any atom is 0.308 e. The minimum Gasteiger partial charge on any atom is -0.491 e. The molecule has 1 aliphatic rings. The quantitative estimate of drug-likeness (QED) is 0.172. The van der Waals surface area contributed by atoms with Crippen molar-refractivity contribution in [2.45, 2.75) is 82.7 Å². The average Bonchev–Trinajstić information content (AvgIpc) is 2.98. The second-order valence-electron chi connectivity index (χ2n) is 10.6. The van der Waals surface area contributed by atoms with E-state index in [0.717, 1.165) is 54.3 Å². The van der Waals surface area contributed by atoms with Gasteiger partial charge in [-0.25, -0.2) is 0 Å². The Morgan fingerprint density at radius 1 is 0.707 bits per heavy atom. The number of benzene rings is 2. The number of amides is 2. The van der Waals surface area contributed by atoms with Gasteiger partial charge in [-0.2, -0.15) is 0 Å². The monoisotopic (exact) mass is 559 g/mol. The van der Waals surface area contributed by atoms with Crippen molar-refractivity contribution >= 4 is 28.7 Å². The van der Waals surface area contributed by atoms with Gasteiger partial charge in [-0.15, -0.1) is 0 Å². The molecule has 2 N–H and O–H groups in total. The smallest absolute Gasteiger partial charge is 0.308 e. The van der Waals surface area contributed by atoms with Crippen molar-refractivity contribution in [1.82, 2.24) is 15.6 Å². The molecule has 0 radical (unpaired) electrons. The molecular formula is C33H41N3O5. The number of nitrogens with zero attached hydrogens (tertiary/aromatic N) is 1. The summed E-state index contributed by atoms with van der Waals surface area (Å²) < 4.78 is 11.3. The number of hydrogen-bond donors (Lipinski definition) is 2. The van der Waals surface area contributed by atoms with E-state index in [4.69, 9.17) is 9.47 Å². The molecular weight excluding hydrogens is 518 g/mol. The highest BCUT2D eigenvalue weighted by Gasteiger charge is 2.35. The molecule has 2 atom stereocenters. The van der Waals surface area contributed by atoms with Gasteiger partial charge in [0.25, 0.3) is 0 Å². The van der Waals surface area contributed by atoms with Crippen LogP contribution in [0, 0.1) is 0 Å². The number of carbonyl (C=O) groups is 3. The first-order valence-corrected chi connectivity index (χ1v) is 14.9. The van der Waals surface area contributed by atoms with Gasteiger partial charge in [-0.1, -0.05) is 93.5 Å². The predicted molar refractivity (Wildman–Crippen MR) is 158 cm³/mol. The highest BCUT2D eigenvalue weighted by molar-refractivity contribution is 5.98. The first-order chi connectivity index (χ1) is 20.1. The summed E-state index contributed by atoms with van der Waals surface area (Å²) >= 11 is 0. The SMILES string of the molecule is O=C(C[C@@H]1NC(=O)[C@H](Cc2ccccc2)NC1=O)OCCCCCCCCCCCOc1cccc2cccnc12. The van der Waals surface area contributed by atoms with Crippen LogP contribution in [0.3, 0.4) is 0 Å². The fourth-order valence-corrected chi connectivity index (χ4v) is 5.04. The lowest BCUT2D eigenvalue weighted by atomic mass is 10.0. The van der Waals surface area contributed by atoms with E-state index in [1.807, 2.05) is 60.7 Å². The molecule has 1 saturated heterocycles. The van der Waals surface area contributed by atoms with E-state index < -0.39 is 18.1 Å². The molecule has 0 aliphatic carbocycles. The number of ether oxygens (including phenoxy) is 2. The molecule has 1 aromatic heterocycles. The summed E-state index contributed by atoms with van der Waals surface area (Å²) in [6.45, 7) is 1.05. The van der Waals surface area contributed by atoms with Gasteiger partial charge in [-0.3, -0.25) is 19.4 Å². The van der Waals surface area contributed by atoms with Gasteiger partial charge in [0.05, 0.1) is 19.6 Å². The maximum absolute atomic E-state index is 12.4. The van der Waals surface area contributed by atoms with Crippen LogP contribution in [0.1, 0.15) is 69.8 Å². The molecule has 2 amide bonds. The molecule has 3 aromatic rings. The number of fused-ring (bicyclic) bond motifs is 1. The summed E-state index contributed by atoms with van der Waals surface area (Å²) in [5.74, 6) is -0.240. The third kappa shape index (κ3) is 9.88. The Morgan fingerprint density at radius 3 is 2.10 bits per heavy atom. The Bertz CT molecular complexity index is 1260. The largest absolute Gasteiger partial charge is 0.491 e. The van der Waals surface area contributed by atoms with E-state index in [9.17, 15) is 14.4 Å². The zero-order valence-corrected chi connectivity index (χ0v) is 23.7. The lowest BCUT2D eigenvalue weighted by Crippen LogP contribution is -2.62. The lowest BCUT2D eigenvalue weighted by molar-refractivity contribution is -0.147. The minimum atomic E-state index is -0.885. The highest BCUT2D eigenvalue weighted by Crippen LogP contribution is 2.23. The Labute approximate surface area is 242 Å². The van der Waals surface area contributed by atoms with Gasteiger partial charge in [0.1, 0.15) is 23.3 Å². The number of unbranched alkanes of at least 4 members (excludes halogenated alkanes) is 8. The molecule has 1 aliphatic heterocycles. The number of hydrogen-bond acceptors (Lipinski definition) is 6. The van der Waals surface area contributed by atoms with Crippen LogP contribution in [0.5, 0.6) is 5.75 Å². The molecule has 1 fully saturated rings. The van der Waals surface area contributed by atoms with E-state index in [-0.39, 0.29) is 18.2 Å². The molecule has 4 rings (SSSR count). The number of aromatic nitrogens is 1. The standard InChI is InChI=1S/C33H41N3O5/c37-30(24-28-33(39)35-27(32(38)36-28)23-25-15-9-8-10-16-25)41-22-12-7-5-3-1-2-4-6-11-21-40-29-19-13-17-26-18-14-20-34-31(26)29/h8-10,13-20,27-28H,1-7,11-12,21-24H2,(H,35,39)(H,36,38)/t27-,28-/m0/s1. The van der Waals surface area contributed by atoms with Crippen molar-refractivity contribution in [2.24, 2.45) is 0 Å². The summed E-state index contributed by atoms with van der Waals surface area (Å²) in [5.41, 5.74) is 1.88. The average molecular weight is 560 g/mol. The number of piperazine rings is 1. The number of nitrogens with one attached hydrogen (secondary N) is 2. The number of esters is 1. The third-order valence-corrected chi connectivity index (χ3v) is 7.32. The van der Waals surface area contributed by atoms with Gasteiger partial charge in [-0.05, 0) is 30.5 Å². The van der Waals surface area contributed by atoms with E-state index in [0.29, 0.717) is 19.6 Å². The van der Waals surface area contributed by atoms with Crippen LogP contribution in [-0.4, -0.2) is 48.1 Å². The number of pyridine rings is 1. The zero-order chi connectivity index (χ0) is 28.7. The fourth-order valence-electron chi connectivity index (χ4n) is 5.04. The zero-order valence-electron chi connectivity index (χ0n) is 23.7. The van der Waals surface area contributed by atoms with Crippen LogP contribution in [-0.2, 0) is 25.5 Å². The first kappa shape index (κ1) is 30.0. The first-order valence-electron chi connectivity index (χ1n) is 14.9. The Hall–Kier alpha value is -3.94. The summed E-state index contributed by atoms with van der Waals surface area (Å²) in [6, 6.07) is 18.0. The van der Waals surface area contributed by atoms with E-state index in [1.54, 1.807) is 6.20 Å². The van der Waals surface area contributed by atoms with E-state index in [2.05, 4.69) is 15.6 Å². The van der Waals surface area contributed by atoms with Gasteiger partial charge in [0.2, 0.25) is 11.8 Å². The Balaban J connectivity index is 0.963. The van der Waals surface area contributed by atoms with Crippen LogP contribution in [0.4, 0.5) is 0 Å². The second kappa shape index (κ2) is 16.4. The molecule has 0 unspecified atom stereocenters. The number of para-hydroxylation sites is 1. The molecule has 0 spiro atoms. The van der Waals surface area contributed by atoms with Gasteiger partial charge < -0.3 is 20.1 Å². The fraction of sp³-hybridized carbons (Fsp3) is 0.455. The van der Waals surface area contributed by atoms with E-state index in [1.165, 1.54) is 25.7 Å². The van der Waals surface area contributed by atoms with E-state index >= 15 is 0 Å². The lowest BCUT2D eigenvalue weighted by Gasteiger charge is -2.29. The normalized spacial score (nSPS) is 16.7. The summed E-state index contributed by atoms with van der Waals surface area (Å²) in [6.07, 6.45) is 11.9. The van der Waals surface area contributed by atoms with Crippen LogP contribution in [0.25, 0.3) is 10.9 Å². The van der Waals surface area contributed by atoms with Crippen molar-refractivity contribution in [3.05, 3.63) is 72.4 Å². The van der Waals surface area contributed by atoms with Crippen LogP contribution >= 0.6 is 0 Å². The highest BCUT2D eigenvalue weighted by atomic mass is 16.5. The van der Waals surface area contributed by atoms with Gasteiger partial charge >= 0.3 is 5.97 Å². The second-order valence-corrected chi connectivity index (χ2v) is 10.6. The maximum atomic E-state index is 12.4. The molecule has 218 valence electrons. The van der Waals surface area contributed by atoms with Gasteiger partial charge in [0, 0.05) is 18.0 Å². The van der Waals surface area contributed by atoms with Crippen LogP contribution in [0.2, 0.25) is 0 Å².